The van der Waals surface area contributed by atoms with Crippen LogP contribution in [0.2, 0.25) is 0 Å². The van der Waals surface area contributed by atoms with Gasteiger partial charge in [0, 0.05) is 30.3 Å². The summed E-state index contributed by atoms with van der Waals surface area (Å²) in [5.41, 5.74) is 5.58. The molecule has 0 bridgehead atoms. The lowest BCUT2D eigenvalue weighted by atomic mass is 9.99. The van der Waals surface area contributed by atoms with E-state index in [1.165, 1.54) is 42.7 Å². The third-order valence-electron chi connectivity index (χ3n) is 6.74. The van der Waals surface area contributed by atoms with E-state index in [0.29, 0.717) is 37.0 Å². The van der Waals surface area contributed by atoms with Gasteiger partial charge in [0.05, 0.1) is 16.4 Å². The number of halogens is 1. The van der Waals surface area contributed by atoms with Gasteiger partial charge in [0.15, 0.2) is 11.4 Å². The van der Waals surface area contributed by atoms with Crippen LogP contribution >= 0.6 is 0 Å². The number of hydrogen-bond acceptors (Lipinski definition) is 9. The van der Waals surface area contributed by atoms with Crippen LogP contribution in [-0.4, -0.2) is 60.1 Å². The first-order chi connectivity index (χ1) is 19.4. The fraction of sp³-hybridized carbons (Fsp3) is 0.321. The van der Waals surface area contributed by atoms with Crippen molar-refractivity contribution in [1.29, 1.82) is 0 Å². The largest absolute Gasteiger partial charge is 0.444 e. The van der Waals surface area contributed by atoms with Gasteiger partial charge in [-0.25, -0.2) is 23.8 Å². The predicted molar refractivity (Wildman–Crippen MR) is 148 cm³/mol. The Morgan fingerprint density at radius 2 is 1.93 bits per heavy atom. The maximum Gasteiger partial charge on any atom is 0.410 e. The second-order valence-corrected chi connectivity index (χ2v) is 10.8. The highest BCUT2D eigenvalue weighted by Crippen LogP contribution is 2.35. The molecular formula is C28H28FN7O5. The van der Waals surface area contributed by atoms with Crippen molar-refractivity contribution in [2.24, 2.45) is 0 Å². The molecule has 212 valence electrons. The van der Waals surface area contributed by atoms with E-state index in [0.717, 1.165) is 6.07 Å². The normalized spacial score (nSPS) is 15.6. The predicted octanol–water partition coefficient (Wildman–Crippen LogP) is 4.93. The van der Waals surface area contributed by atoms with Gasteiger partial charge in [-0.1, -0.05) is 18.2 Å². The zero-order valence-corrected chi connectivity index (χ0v) is 22.7. The van der Waals surface area contributed by atoms with Crippen LogP contribution in [0, 0.1) is 15.9 Å². The molecule has 1 aliphatic heterocycles. The summed E-state index contributed by atoms with van der Waals surface area (Å²) in [6, 6.07) is 8.98. The molecule has 0 spiro atoms. The molecule has 13 heteroatoms. The fourth-order valence-corrected chi connectivity index (χ4v) is 4.91. The maximum atomic E-state index is 15.6. The molecule has 0 radical (unpaired) electrons. The van der Waals surface area contributed by atoms with Crippen molar-refractivity contribution in [2.45, 2.75) is 45.3 Å². The Balaban J connectivity index is 1.52. The smallest absolute Gasteiger partial charge is 0.410 e. The van der Waals surface area contributed by atoms with Gasteiger partial charge in [-0.15, -0.1) is 0 Å². The summed E-state index contributed by atoms with van der Waals surface area (Å²) < 4.78 is 22.8. The van der Waals surface area contributed by atoms with Crippen molar-refractivity contribution >= 4 is 34.4 Å². The Morgan fingerprint density at radius 3 is 2.63 bits per heavy atom. The van der Waals surface area contributed by atoms with Crippen LogP contribution in [0.3, 0.4) is 0 Å². The van der Waals surface area contributed by atoms with E-state index < -0.39 is 28.2 Å². The number of benzene rings is 2. The average Bonchev–Trinajstić information content (AvgIpc) is 3.32. The van der Waals surface area contributed by atoms with E-state index >= 15 is 4.39 Å². The summed E-state index contributed by atoms with van der Waals surface area (Å²) >= 11 is 0. The second kappa shape index (κ2) is 10.6. The van der Waals surface area contributed by atoms with Gasteiger partial charge in [0.2, 0.25) is 0 Å². The lowest BCUT2D eigenvalue weighted by molar-refractivity contribution is -0.385. The molecule has 4 aromatic rings. The Morgan fingerprint density at radius 1 is 1.17 bits per heavy atom. The van der Waals surface area contributed by atoms with Crippen LogP contribution in [0.15, 0.2) is 48.8 Å². The number of aromatic nitrogens is 4. The van der Waals surface area contributed by atoms with Crippen molar-refractivity contribution in [3.8, 4) is 11.3 Å². The van der Waals surface area contributed by atoms with Gasteiger partial charge >= 0.3 is 6.09 Å². The number of ketones is 1. The molecule has 0 saturated carbocycles. The highest BCUT2D eigenvalue weighted by molar-refractivity contribution is 6.11. The number of piperidine rings is 1. The standard InChI is InChI=1S/C28H28FN7O5/c1-28(2,3)41-27(38)34-12-6-7-17(14-34)35-26-22(25(30)31-15-32-26)23(33-35)18-11-10-16(13-20(18)29)24(37)19-8-4-5-9-21(19)36(39)40/h4-5,8-11,13,15,17H,6-7,12,14H2,1-3H3,(H2,30,31,32). The SMILES string of the molecule is CC(C)(C)OC(=O)N1CCCC(n2nc(-c3ccc(C(=O)c4ccccc4[N+](=O)[O-])cc3F)c3c(N)ncnc32)C1. The molecule has 2 aromatic heterocycles. The van der Waals surface area contributed by atoms with E-state index in [2.05, 4.69) is 15.1 Å². The molecule has 5 rings (SSSR count). The molecule has 1 saturated heterocycles. The zero-order chi connectivity index (χ0) is 29.5. The van der Waals surface area contributed by atoms with E-state index in [1.54, 1.807) is 30.4 Å². The summed E-state index contributed by atoms with van der Waals surface area (Å²) in [6.07, 6.45) is 2.24. The van der Waals surface area contributed by atoms with Gasteiger partial charge in [-0.3, -0.25) is 14.9 Å². The number of likely N-dealkylation sites (tertiary alicyclic amines) is 1. The maximum absolute atomic E-state index is 15.6. The third-order valence-corrected chi connectivity index (χ3v) is 6.74. The van der Waals surface area contributed by atoms with Crippen molar-refractivity contribution < 1.29 is 23.6 Å². The summed E-state index contributed by atoms with van der Waals surface area (Å²) in [5.74, 6) is -1.37. The molecule has 41 heavy (non-hydrogen) atoms. The number of anilines is 1. The van der Waals surface area contributed by atoms with Crippen LogP contribution in [-0.2, 0) is 4.74 Å². The Bertz CT molecular complexity index is 1680. The van der Waals surface area contributed by atoms with Crippen LogP contribution in [0.5, 0.6) is 0 Å². The summed E-state index contributed by atoms with van der Waals surface area (Å²) in [4.78, 5) is 46.6. The van der Waals surface area contributed by atoms with Gasteiger partial charge in [-0.05, 0) is 51.8 Å². The minimum atomic E-state index is -0.775. The number of nitrogens with two attached hydrogens (primary N) is 1. The molecule has 0 aliphatic carbocycles. The first-order valence-corrected chi connectivity index (χ1v) is 13.0. The minimum Gasteiger partial charge on any atom is -0.444 e. The molecule has 1 unspecified atom stereocenters. The van der Waals surface area contributed by atoms with Gasteiger partial charge in [0.1, 0.15) is 34.8 Å². The number of carbonyl (C=O) groups is 2. The number of rotatable bonds is 5. The average molecular weight is 562 g/mol. The number of ether oxygens (including phenoxy) is 1. The highest BCUT2D eigenvalue weighted by Gasteiger charge is 2.31. The number of carbonyl (C=O) groups excluding carboxylic acids is 2. The van der Waals surface area contributed by atoms with Crippen molar-refractivity contribution in [3.63, 3.8) is 0 Å². The molecule has 3 heterocycles. The summed E-state index contributed by atoms with van der Waals surface area (Å²) in [6.45, 7) is 6.23. The van der Waals surface area contributed by atoms with Gasteiger partial charge < -0.3 is 15.4 Å². The number of hydrogen-bond donors (Lipinski definition) is 1. The van der Waals surface area contributed by atoms with Gasteiger partial charge in [0.25, 0.3) is 5.69 Å². The lowest BCUT2D eigenvalue weighted by Gasteiger charge is -2.34. The summed E-state index contributed by atoms with van der Waals surface area (Å²) in [7, 11) is 0. The second-order valence-electron chi connectivity index (χ2n) is 10.8. The lowest BCUT2D eigenvalue weighted by Crippen LogP contribution is -2.43. The van der Waals surface area contributed by atoms with Crippen LogP contribution in [0.25, 0.3) is 22.3 Å². The molecule has 12 nitrogen and oxygen atoms in total. The van der Waals surface area contributed by atoms with E-state index in [9.17, 15) is 19.7 Å². The van der Waals surface area contributed by atoms with E-state index in [-0.39, 0.29) is 39.9 Å². The van der Waals surface area contributed by atoms with Crippen molar-refractivity contribution in [3.05, 3.63) is 75.9 Å². The first-order valence-electron chi connectivity index (χ1n) is 13.0. The van der Waals surface area contributed by atoms with Crippen molar-refractivity contribution in [2.75, 3.05) is 18.8 Å². The molecular weight excluding hydrogens is 533 g/mol. The zero-order valence-electron chi connectivity index (χ0n) is 22.7. The summed E-state index contributed by atoms with van der Waals surface area (Å²) in [5, 5.41) is 16.4. The molecule has 1 amide bonds. The Hall–Kier alpha value is -4.94. The quantitative estimate of drug-likeness (QED) is 0.202. The molecule has 2 N–H and O–H groups in total. The third kappa shape index (κ3) is 5.42. The number of amides is 1. The van der Waals surface area contributed by atoms with Gasteiger partial charge in [-0.2, -0.15) is 5.10 Å². The van der Waals surface area contributed by atoms with Crippen LogP contribution in [0.4, 0.5) is 20.7 Å². The molecule has 1 atom stereocenters. The Labute approximate surface area is 234 Å². The minimum absolute atomic E-state index is 0.0502. The van der Waals surface area contributed by atoms with Crippen LogP contribution in [0.1, 0.15) is 55.6 Å². The van der Waals surface area contributed by atoms with Crippen molar-refractivity contribution in [1.82, 2.24) is 24.6 Å². The Kier molecular flexibility index (Phi) is 7.11. The number of fused-ring (bicyclic) bond motifs is 1. The van der Waals surface area contributed by atoms with Crippen LogP contribution < -0.4 is 5.73 Å². The molecule has 2 aromatic carbocycles. The molecule has 1 fully saturated rings. The fourth-order valence-electron chi connectivity index (χ4n) is 4.91. The highest BCUT2D eigenvalue weighted by atomic mass is 19.1. The topological polar surface area (TPSA) is 159 Å². The number of nitrogen functional groups attached to an aromatic ring is 1. The number of nitrogens with zero attached hydrogens (tertiary/aromatic N) is 6. The van der Waals surface area contributed by atoms with E-state index in [1.807, 2.05) is 0 Å². The number of nitro benzene ring substituents is 1. The monoisotopic (exact) mass is 561 g/mol. The first kappa shape index (κ1) is 27.6. The molecule has 1 aliphatic rings. The van der Waals surface area contributed by atoms with E-state index in [4.69, 9.17) is 10.5 Å². The number of nitro groups is 1. The number of para-hydroxylation sites is 1.